The lowest BCUT2D eigenvalue weighted by atomic mass is 10.0. The first-order chi connectivity index (χ1) is 9.51. The Bertz CT molecular complexity index is 609. The highest BCUT2D eigenvalue weighted by atomic mass is 16.1. The topological polar surface area (TPSA) is 34.9 Å². The molecule has 3 heteroatoms. The van der Waals surface area contributed by atoms with Gasteiger partial charge >= 0.3 is 0 Å². The smallest absolute Gasteiger partial charge is 0.141 e. The van der Waals surface area contributed by atoms with Crippen molar-refractivity contribution in [2.45, 2.75) is 40.0 Å². The van der Waals surface area contributed by atoms with E-state index < -0.39 is 0 Å². The van der Waals surface area contributed by atoms with E-state index >= 15 is 0 Å². The van der Waals surface area contributed by atoms with Crippen LogP contribution in [0.5, 0.6) is 0 Å². The van der Waals surface area contributed by atoms with Crippen LogP contribution in [0.4, 0.5) is 0 Å². The Hall–Kier alpha value is -1.90. The van der Waals surface area contributed by atoms with Crippen LogP contribution in [0.2, 0.25) is 0 Å². The lowest BCUT2D eigenvalue weighted by Gasteiger charge is -2.04. The number of ketones is 1. The minimum Gasteiger partial charge on any atom is -0.299 e. The minimum absolute atomic E-state index is 0.244. The van der Waals surface area contributed by atoms with E-state index in [1.165, 1.54) is 5.56 Å². The van der Waals surface area contributed by atoms with Crippen molar-refractivity contribution >= 4 is 5.78 Å². The fourth-order valence-electron chi connectivity index (χ4n) is 2.45. The van der Waals surface area contributed by atoms with Crippen LogP contribution in [-0.2, 0) is 31.1 Å². The fourth-order valence-corrected chi connectivity index (χ4v) is 2.45. The zero-order chi connectivity index (χ0) is 14.7. The molecule has 0 saturated carbocycles. The normalized spacial score (nSPS) is 10.8. The number of carbonyl (C=O) groups is 1. The van der Waals surface area contributed by atoms with E-state index in [-0.39, 0.29) is 5.78 Å². The SMILES string of the molecule is CCc1ccc(CC(=O)Cc2c(C)nn(C)c2C)cc1. The molecule has 0 radical (unpaired) electrons. The predicted octanol–water partition coefficient (Wildman–Crippen LogP) is 2.95. The van der Waals surface area contributed by atoms with Crippen molar-refractivity contribution in [3.63, 3.8) is 0 Å². The number of aromatic nitrogens is 2. The zero-order valence-electron chi connectivity index (χ0n) is 12.7. The Balaban J connectivity index is 2.05. The van der Waals surface area contributed by atoms with Gasteiger partial charge < -0.3 is 0 Å². The van der Waals surface area contributed by atoms with E-state index in [1.807, 2.05) is 25.6 Å². The van der Waals surface area contributed by atoms with E-state index in [0.717, 1.165) is 28.9 Å². The van der Waals surface area contributed by atoms with Crippen LogP contribution in [0, 0.1) is 13.8 Å². The van der Waals surface area contributed by atoms with Crippen LogP contribution in [0.3, 0.4) is 0 Å². The fraction of sp³-hybridized carbons (Fsp3) is 0.412. The molecule has 1 aromatic heterocycles. The van der Waals surface area contributed by atoms with E-state index in [4.69, 9.17) is 0 Å². The molecule has 0 aliphatic rings. The molecule has 0 amide bonds. The number of rotatable bonds is 5. The van der Waals surface area contributed by atoms with Crippen LogP contribution in [0.25, 0.3) is 0 Å². The standard InChI is InChI=1S/C17H22N2O/c1-5-14-6-8-15(9-7-14)10-16(20)11-17-12(2)18-19(4)13(17)3/h6-9H,5,10-11H2,1-4H3. The minimum atomic E-state index is 0.244. The maximum atomic E-state index is 12.2. The van der Waals surface area contributed by atoms with Crippen LogP contribution in [-0.4, -0.2) is 15.6 Å². The molecule has 0 unspecified atom stereocenters. The maximum Gasteiger partial charge on any atom is 0.141 e. The molecule has 0 bridgehead atoms. The molecule has 2 aromatic rings. The van der Waals surface area contributed by atoms with E-state index in [0.29, 0.717) is 12.8 Å². The average molecular weight is 270 g/mol. The van der Waals surface area contributed by atoms with Crippen molar-refractivity contribution < 1.29 is 4.79 Å². The van der Waals surface area contributed by atoms with E-state index in [1.54, 1.807) is 0 Å². The van der Waals surface area contributed by atoms with Crippen LogP contribution in [0.1, 0.15) is 35.0 Å². The number of hydrogen-bond donors (Lipinski definition) is 0. The van der Waals surface area contributed by atoms with Gasteiger partial charge in [0.1, 0.15) is 5.78 Å². The molecule has 0 saturated heterocycles. The van der Waals surface area contributed by atoms with Gasteiger partial charge in [-0.1, -0.05) is 31.2 Å². The molecule has 0 aliphatic heterocycles. The Morgan fingerprint density at radius 3 is 2.20 bits per heavy atom. The highest BCUT2D eigenvalue weighted by Gasteiger charge is 2.13. The van der Waals surface area contributed by atoms with Gasteiger partial charge in [-0.2, -0.15) is 5.10 Å². The Kier molecular flexibility index (Phi) is 4.38. The highest BCUT2D eigenvalue weighted by molar-refractivity contribution is 5.83. The molecular weight excluding hydrogens is 248 g/mol. The molecule has 0 N–H and O–H groups in total. The molecule has 0 atom stereocenters. The summed E-state index contributed by atoms with van der Waals surface area (Å²) in [5.41, 5.74) is 5.51. The van der Waals surface area contributed by atoms with Crippen molar-refractivity contribution in [2.24, 2.45) is 7.05 Å². The number of nitrogens with zero attached hydrogens (tertiary/aromatic N) is 2. The van der Waals surface area contributed by atoms with Gasteiger partial charge in [0.25, 0.3) is 0 Å². The summed E-state index contributed by atoms with van der Waals surface area (Å²) in [5, 5.41) is 4.36. The molecule has 3 nitrogen and oxygen atoms in total. The Morgan fingerprint density at radius 1 is 1.10 bits per heavy atom. The van der Waals surface area contributed by atoms with Crippen LogP contribution >= 0.6 is 0 Å². The van der Waals surface area contributed by atoms with Crippen molar-refractivity contribution in [3.05, 3.63) is 52.3 Å². The molecule has 0 spiro atoms. The Labute approximate surface area is 120 Å². The average Bonchev–Trinajstić information content (AvgIpc) is 2.66. The second kappa shape index (κ2) is 6.04. The molecule has 1 heterocycles. The molecule has 1 aromatic carbocycles. The molecule has 2 rings (SSSR count). The number of Topliss-reactive ketones (excluding diaryl/α,β-unsaturated/α-hetero) is 1. The highest BCUT2D eigenvalue weighted by Crippen LogP contribution is 2.14. The van der Waals surface area contributed by atoms with Gasteiger partial charge in [0.15, 0.2) is 0 Å². The van der Waals surface area contributed by atoms with Gasteiger partial charge in [-0.05, 0) is 31.4 Å². The third-order valence-corrected chi connectivity index (χ3v) is 3.87. The molecule has 20 heavy (non-hydrogen) atoms. The van der Waals surface area contributed by atoms with Gasteiger partial charge in [0.05, 0.1) is 5.69 Å². The molecule has 106 valence electrons. The van der Waals surface area contributed by atoms with Crippen molar-refractivity contribution in [3.8, 4) is 0 Å². The van der Waals surface area contributed by atoms with Gasteiger partial charge in [-0.3, -0.25) is 9.48 Å². The van der Waals surface area contributed by atoms with E-state index in [2.05, 4.69) is 36.3 Å². The first kappa shape index (κ1) is 14.5. The van der Waals surface area contributed by atoms with Crippen LogP contribution in [0.15, 0.2) is 24.3 Å². The largest absolute Gasteiger partial charge is 0.299 e. The summed E-state index contributed by atoms with van der Waals surface area (Å²) in [5.74, 6) is 0.244. The summed E-state index contributed by atoms with van der Waals surface area (Å²) in [6.07, 6.45) is 2.00. The van der Waals surface area contributed by atoms with Crippen molar-refractivity contribution in [2.75, 3.05) is 0 Å². The first-order valence-electron chi connectivity index (χ1n) is 7.09. The Morgan fingerprint density at radius 2 is 1.70 bits per heavy atom. The molecular formula is C17H22N2O. The number of carbonyl (C=O) groups excluding carboxylic acids is 1. The lowest BCUT2D eigenvalue weighted by Crippen LogP contribution is -2.08. The molecule has 0 aliphatic carbocycles. The number of aryl methyl sites for hydroxylation is 3. The van der Waals surface area contributed by atoms with Gasteiger partial charge in [-0.15, -0.1) is 0 Å². The third kappa shape index (κ3) is 3.16. The van der Waals surface area contributed by atoms with Crippen LogP contribution < -0.4 is 0 Å². The number of hydrogen-bond acceptors (Lipinski definition) is 2. The second-order valence-corrected chi connectivity index (χ2v) is 5.34. The predicted molar refractivity (Wildman–Crippen MR) is 80.9 cm³/mol. The number of benzene rings is 1. The summed E-state index contributed by atoms with van der Waals surface area (Å²) >= 11 is 0. The monoisotopic (exact) mass is 270 g/mol. The van der Waals surface area contributed by atoms with Crippen molar-refractivity contribution in [1.82, 2.24) is 9.78 Å². The second-order valence-electron chi connectivity index (χ2n) is 5.34. The summed E-state index contributed by atoms with van der Waals surface area (Å²) in [7, 11) is 1.92. The van der Waals surface area contributed by atoms with Gasteiger partial charge in [0, 0.05) is 31.1 Å². The first-order valence-corrected chi connectivity index (χ1v) is 7.09. The summed E-state index contributed by atoms with van der Waals surface area (Å²) in [6, 6.07) is 8.31. The zero-order valence-corrected chi connectivity index (χ0v) is 12.7. The lowest BCUT2D eigenvalue weighted by molar-refractivity contribution is -0.117. The van der Waals surface area contributed by atoms with Gasteiger partial charge in [-0.25, -0.2) is 0 Å². The summed E-state index contributed by atoms with van der Waals surface area (Å²) in [6.45, 7) is 6.11. The molecule has 0 fully saturated rings. The van der Waals surface area contributed by atoms with E-state index in [9.17, 15) is 4.79 Å². The summed E-state index contributed by atoms with van der Waals surface area (Å²) < 4.78 is 1.84. The summed E-state index contributed by atoms with van der Waals surface area (Å²) in [4.78, 5) is 12.2. The maximum absolute atomic E-state index is 12.2. The third-order valence-electron chi connectivity index (χ3n) is 3.87. The van der Waals surface area contributed by atoms with Crippen molar-refractivity contribution in [1.29, 1.82) is 0 Å². The van der Waals surface area contributed by atoms with Gasteiger partial charge in [0.2, 0.25) is 0 Å². The quantitative estimate of drug-likeness (QED) is 0.837.